The van der Waals surface area contributed by atoms with Crippen molar-refractivity contribution in [1.82, 2.24) is 0 Å². The summed E-state index contributed by atoms with van der Waals surface area (Å²) in [6.07, 6.45) is 0. The normalized spacial score (nSPS) is 25.2. The summed E-state index contributed by atoms with van der Waals surface area (Å²) >= 11 is 0. The van der Waals surface area contributed by atoms with Crippen molar-refractivity contribution in [2.75, 3.05) is 0 Å². The van der Waals surface area contributed by atoms with E-state index in [0.717, 1.165) is 0 Å². The van der Waals surface area contributed by atoms with E-state index in [9.17, 15) is 0 Å². The van der Waals surface area contributed by atoms with Crippen LogP contribution in [0.4, 0.5) is 0 Å². The fourth-order valence-electron chi connectivity index (χ4n) is 0.582. The van der Waals surface area contributed by atoms with Crippen LogP contribution in [0.2, 0.25) is 0 Å². The Hall–Kier alpha value is 3.17. The van der Waals surface area contributed by atoms with Crippen LogP contribution in [0.25, 0.3) is 0 Å². The summed E-state index contributed by atoms with van der Waals surface area (Å²) in [5.74, 6) is 0. The molecule has 6 N–H and O–H groups in total. The quantitative estimate of drug-likeness (QED) is 0.229. The first-order valence-electron chi connectivity index (χ1n) is 2.57. The van der Waals surface area contributed by atoms with Crippen molar-refractivity contribution < 1.29 is 67.3 Å². The molecular weight excluding hydrogens is 365 g/mol. The zero-order valence-corrected chi connectivity index (χ0v) is 17.4. The van der Waals surface area contributed by atoms with E-state index in [2.05, 4.69) is 12.3 Å². The second-order valence-corrected chi connectivity index (χ2v) is 7.69. The van der Waals surface area contributed by atoms with Gasteiger partial charge >= 0.3 is 27.1 Å². The van der Waals surface area contributed by atoms with Gasteiger partial charge in [0.25, 0.3) is 0 Å². The summed E-state index contributed by atoms with van der Waals surface area (Å²) in [6, 6.07) is 0. The fraction of sp³-hybridized carbons (Fsp3) is 0. The Labute approximate surface area is 151 Å². The summed E-state index contributed by atoms with van der Waals surface area (Å²) in [5, 5.41) is 0. The number of hydrogen-bond donors (Lipinski definition) is 6. The minimum Gasteiger partial charge on any atom is -0.368 e. The summed E-state index contributed by atoms with van der Waals surface area (Å²) in [6.45, 7) is 0. The van der Waals surface area contributed by atoms with E-state index in [1.807, 2.05) is 0 Å². The molecule has 0 saturated carbocycles. The third kappa shape index (κ3) is 8.82. The molecule has 78 valence electrons. The number of rotatable bonds is 0. The zero-order valence-electron chi connectivity index (χ0n) is 7.91. The zero-order chi connectivity index (χ0) is 9.62. The minimum absolute atomic E-state index is 0. The maximum atomic E-state index is 8.65. The van der Waals surface area contributed by atoms with Crippen LogP contribution >= 0.6 is 0 Å². The van der Waals surface area contributed by atoms with Gasteiger partial charge in [0.15, 0.2) is 0 Å². The molecule has 0 aromatic rings. The third-order valence-electron chi connectivity index (χ3n) is 0.798. The van der Waals surface area contributed by atoms with E-state index >= 15 is 0 Å². The Morgan fingerprint density at radius 2 is 0.667 bits per heavy atom. The van der Waals surface area contributed by atoms with Gasteiger partial charge in [-0.1, -0.05) is 0 Å². The molecule has 15 heteroatoms. The topological polar surface area (TPSA) is 149 Å². The van der Waals surface area contributed by atoms with Gasteiger partial charge in [-0.3, -0.25) is 0 Å². The summed E-state index contributed by atoms with van der Waals surface area (Å²) in [7, 11) is -14.6. The molecule has 1 fully saturated rings. The van der Waals surface area contributed by atoms with Crippen molar-refractivity contribution in [3.8, 4) is 0 Å². The molecule has 0 amide bonds. The van der Waals surface area contributed by atoms with Crippen molar-refractivity contribution in [1.29, 1.82) is 0 Å². The van der Waals surface area contributed by atoms with Crippen molar-refractivity contribution >= 4 is 86.3 Å². The Kier molecular flexibility index (Phi) is 11.9. The van der Waals surface area contributed by atoms with Gasteiger partial charge in [0, 0.05) is 85.3 Å². The standard InChI is InChI=1S/2Na.H6O9Si3.Zr/c;;1-10(2)7-11(3,4)9-12(5,6)8-10;/h;;1-6H;. The molecule has 1 aliphatic heterocycles. The predicted octanol–water partition coefficient (Wildman–Crippen LogP) is -5.45. The number of hydrogen-bond acceptors (Lipinski definition) is 9. The Bertz CT molecular complexity index is 151. The molecule has 0 aliphatic carbocycles. The first-order chi connectivity index (χ1) is 5.12. The molecule has 1 saturated heterocycles. The van der Waals surface area contributed by atoms with E-state index in [-0.39, 0.29) is 85.3 Å². The van der Waals surface area contributed by atoms with E-state index < -0.39 is 27.1 Å². The fourth-order valence-corrected chi connectivity index (χ4v) is 6.36. The molecule has 0 bridgehead atoms. The van der Waals surface area contributed by atoms with Crippen molar-refractivity contribution in [2.45, 2.75) is 0 Å². The van der Waals surface area contributed by atoms with E-state index in [1.165, 1.54) is 0 Å². The predicted molar refractivity (Wildman–Crippen MR) is 45.3 cm³/mol. The average Bonchev–Trinajstić information content (AvgIpc) is 1.44. The summed E-state index contributed by atoms with van der Waals surface area (Å²) < 4.78 is 11.3. The van der Waals surface area contributed by atoms with Crippen LogP contribution in [0.1, 0.15) is 0 Å². The molecule has 1 aliphatic rings. The van der Waals surface area contributed by atoms with Gasteiger partial charge in [-0.05, 0) is 0 Å². The van der Waals surface area contributed by atoms with Crippen LogP contribution in [0, 0.1) is 0 Å². The van der Waals surface area contributed by atoms with Crippen LogP contribution in [0.3, 0.4) is 0 Å². The molecule has 0 atom stereocenters. The molecule has 1 heterocycles. The molecule has 0 unspecified atom stereocenters. The molecule has 9 nitrogen and oxygen atoms in total. The second-order valence-electron chi connectivity index (χ2n) is 1.95. The first kappa shape index (κ1) is 23.3. The second kappa shape index (κ2) is 7.69. The summed E-state index contributed by atoms with van der Waals surface area (Å²) in [4.78, 5) is 51.9. The van der Waals surface area contributed by atoms with Crippen molar-refractivity contribution in [2.24, 2.45) is 0 Å². The van der Waals surface area contributed by atoms with E-state index in [4.69, 9.17) is 28.8 Å². The molecule has 0 aromatic heterocycles. The summed E-state index contributed by atoms with van der Waals surface area (Å²) in [5.41, 5.74) is 0. The molecule has 2 radical (unpaired) electrons. The van der Waals surface area contributed by atoms with Gasteiger partial charge in [-0.2, -0.15) is 0 Å². The minimum atomic E-state index is -4.86. The maximum absolute atomic E-state index is 8.65. The van der Waals surface area contributed by atoms with Gasteiger partial charge < -0.3 is 41.1 Å². The van der Waals surface area contributed by atoms with E-state index in [1.54, 1.807) is 0 Å². The van der Waals surface area contributed by atoms with Crippen LogP contribution in [-0.2, 0) is 38.5 Å². The Balaban J connectivity index is -0.000000480. The molecule has 0 aromatic carbocycles. The van der Waals surface area contributed by atoms with Crippen LogP contribution in [0.5, 0.6) is 0 Å². The Morgan fingerprint density at radius 1 is 0.533 bits per heavy atom. The maximum Gasteiger partial charge on any atom is 0.662 e. The first-order valence-corrected chi connectivity index (χ1v) is 7.70. The van der Waals surface area contributed by atoms with Gasteiger partial charge in [-0.25, -0.2) is 0 Å². The molecule has 1 rings (SSSR count). The molecular formula is H6Na2O9Si3Zr. The van der Waals surface area contributed by atoms with Gasteiger partial charge in [0.1, 0.15) is 0 Å². The van der Waals surface area contributed by atoms with E-state index in [0.29, 0.717) is 0 Å². The van der Waals surface area contributed by atoms with Gasteiger partial charge in [0.2, 0.25) is 0 Å². The van der Waals surface area contributed by atoms with Crippen LogP contribution < -0.4 is 0 Å². The van der Waals surface area contributed by atoms with Crippen molar-refractivity contribution in [3.63, 3.8) is 0 Å². The van der Waals surface area contributed by atoms with Crippen molar-refractivity contribution in [3.05, 3.63) is 0 Å². The largest absolute Gasteiger partial charge is 0.662 e. The molecule has 15 heavy (non-hydrogen) atoms. The Morgan fingerprint density at radius 3 is 0.800 bits per heavy atom. The third-order valence-corrected chi connectivity index (χ3v) is 7.18. The monoisotopic (exact) mass is 370 g/mol. The van der Waals surface area contributed by atoms with Crippen LogP contribution in [-0.4, -0.2) is 115 Å². The van der Waals surface area contributed by atoms with Crippen LogP contribution in [0.15, 0.2) is 0 Å². The smallest absolute Gasteiger partial charge is 0.368 e. The average molecular weight is 372 g/mol. The molecule has 0 spiro atoms. The van der Waals surface area contributed by atoms with Gasteiger partial charge in [-0.15, -0.1) is 0 Å². The van der Waals surface area contributed by atoms with Gasteiger partial charge in [0.05, 0.1) is 0 Å². The SMILES string of the molecule is O[Si]1(O)O[Si](O)(O)O[Si](O)(O)O1.[Na].[Na].[Zr].